The lowest BCUT2D eigenvalue weighted by molar-refractivity contribution is -0.134. The lowest BCUT2D eigenvalue weighted by Crippen LogP contribution is -2.31. The zero-order valence-corrected chi connectivity index (χ0v) is 11.1. The highest BCUT2D eigenvalue weighted by Gasteiger charge is 2.39. The zero-order chi connectivity index (χ0) is 12.7. The summed E-state index contributed by atoms with van der Waals surface area (Å²) >= 11 is 14.9. The van der Waals surface area contributed by atoms with Crippen LogP contribution in [0.15, 0.2) is 16.6 Å². The molecule has 0 unspecified atom stereocenters. The van der Waals surface area contributed by atoms with Gasteiger partial charge in [-0.05, 0) is 28.1 Å². The number of hydrogen-bond donors (Lipinski definition) is 1. The summed E-state index contributed by atoms with van der Waals surface area (Å²) in [7, 11) is 0. The molecule has 0 radical (unpaired) electrons. The Hall–Kier alpha value is -1.11. The first-order chi connectivity index (χ1) is 7.93. The minimum atomic E-state index is -0.995. The predicted molar refractivity (Wildman–Crippen MR) is 65.2 cm³/mol. The van der Waals surface area contributed by atoms with Gasteiger partial charge in [0.1, 0.15) is 0 Å². The second-order valence-corrected chi connectivity index (χ2v) is 4.70. The summed E-state index contributed by atoms with van der Waals surface area (Å²) in [5.41, 5.74) is 0.0632. The molecule has 0 atom stereocenters. The highest BCUT2D eigenvalue weighted by molar-refractivity contribution is 9.10. The van der Waals surface area contributed by atoms with E-state index in [1.807, 2.05) is 5.32 Å². The molecule has 0 saturated carbocycles. The molecule has 1 heterocycles. The summed E-state index contributed by atoms with van der Waals surface area (Å²) in [6.45, 7) is 0. The van der Waals surface area contributed by atoms with Gasteiger partial charge < -0.3 is 0 Å². The highest BCUT2D eigenvalue weighted by atomic mass is 79.9. The second-order valence-electron chi connectivity index (χ2n) is 3.09. The van der Waals surface area contributed by atoms with E-state index in [4.69, 9.17) is 23.2 Å². The van der Waals surface area contributed by atoms with E-state index >= 15 is 0 Å². The zero-order valence-electron chi connectivity index (χ0n) is 7.96. The normalized spacial score (nSPS) is 15.5. The van der Waals surface area contributed by atoms with Crippen LogP contribution >= 0.6 is 39.1 Å². The SMILES string of the molecule is O=C1NC(=O)N(c2ccc(Br)c(Cl)c2Cl)C1=O. The molecule has 0 spiro atoms. The Kier molecular flexibility index (Phi) is 3.11. The van der Waals surface area contributed by atoms with Gasteiger partial charge >= 0.3 is 17.8 Å². The minimum absolute atomic E-state index is 0.0132. The third kappa shape index (κ3) is 1.92. The summed E-state index contributed by atoms with van der Waals surface area (Å²) in [6.07, 6.45) is 0. The number of benzene rings is 1. The van der Waals surface area contributed by atoms with Gasteiger partial charge in [0.15, 0.2) is 0 Å². The molecule has 1 N–H and O–H groups in total. The van der Waals surface area contributed by atoms with E-state index in [0.717, 1.165) is 0 Å². The number of imide groups is 2. The number of halogens is 3. The topological polar surface area (TPSA) is 66.5 Å². The molecule has 1 aliphatic rings. The van der Waals surface area contributed by atoms with Crippen LogP contribution in [0.5, 0.6) is 0 Å². The van der Waals surface area contributed by atoms with E-state index in [0.29, 0.717) is 9.37 Å². The standard InChI is InChI=1S/C9H3BrCl2N2O3/c10-3-1-2-4(6(12)5(3)11)14-8(16)7(15)13-9(14)17/h1-2H,(H,13,15,17). The van der Waals surface area contributed by atoms with Crippen molar-refractivity contribution in [3.63, 3.8) is 0 Å². The Morgan fingerprint density at radius 3 is 2.29 bits per heavy atom. The summed E-state index contributed by atoms with van der Waals surface area (Å²) in [5.74, 6) is -1.99. The number of nitrogens with one attached hydrogen (secondary N) is 1. The van der Waals surface area contributed by atoms with Crippen molar-refractivity contribution in [2.24, 2.45) is 0 Å². The van der Waals surface area contributed by atoms with Crippen LogP contribution in [0.4, 0.5) is 10.5 Å². The molecule has 0 aromatic heterocycles. The van der Waals surface area contributed by atoms with Crippen LogP contribution in [0.1, 0.15) is 0 Å². The molecule has 0 bridgehead atoms. The van der Waals surface area contributed by atoms with Gasteiger partial charge in [-0.1, -0.05) is 23.2 Å². The van der Waals surface area contributed by atoms with Crippen molar-refractivity contribution < 1.29 is 14.4 Å². The summed E-state index contributed by atoms with van der Waals surface area (Å²) in [6, 6.07) is 2.08. The van der Waals surface area contributed by atoms with Crippen LogP contribution in [0.3, 0.4) is 0 Å². The number of carbonyl (C=O) groups excluding carboxylic acids is 3. The van der Waals surface area contributed by atoms with Crippen LogP contribution < -0.4 is 10.2 Å². The van der Waals surface area contributed by atoms with Gasteiger partial charge in [0, 0.05) is 4.47 Å². The predicted octanol–water partition coefficient (Wildman–Crippen LogP) is 2.34. The summed E-state index contributed by atoms with van der Waals surface area (Å²) in [5, 5.41) is 2.03. The Labute approximate surface area is 114 Å². The maximum absolute atomic E-state index is 11.4. The van der Waals surface area contributed by atoms with Gasteiger partial charge in [0.05, 0.1) is 15.7 Å². The Bertz CT molecular complexity index is 561. The molecule has 1 aliphatic heterocycles. The number of anilines is 1. The van der Waals surface area contributed by atoms with Crippen molar-refractivity contribution in [1.82, 2.24) is 5.32 Å². The molecule has 88 valence electrons. The third-order valence-electron chi connectivity index (χ3n) is 2.08. The molecule has 2 rings (SSSR count). The van der Waals surface area contributed by atoms with Crippen LogP contribution in [0, 0.1) is 0 Å². The van der Waals surface area contributed by atoms with Gasteiger partial charge in [-0.15, -0.1) is 0 Å². The van der Waals surface area contributed by atoms with Crippen LogP contribution in [-0.4, -0.2) is 17.8 Å². The fourth-order valence-corrected chi connectivity index (χ4v) is 2.16. The molecule has 1 fully saturated rings. The molecule has 17 heavy (non-hydrogen) atoms. The molecule has 1 saturated heterocycles. The Morgan fingerprint density at radius 2 is 1.76 bits per heavy atom. The van der Waals surface area contributed by atoms with Crippen molar-refractivity contribution in [2.45, 2.75) is 0 Å². The van der Waals surface area contributed by atoms with E-state index in [1.165, 1.54) is 12.1 Å². The van der Waals surface area contributed by atoms with Crippen molar-refractivity contribution in [3.05, 3.63) is 26.7 Å². The number of urea groups is 1. The monoisotopic (exact) mass is 336 g/mol. The van der Waals surface area contributed by atoms with Crippen LogP contribution in [0.2, 0.25) is 10.0 Å². The largest absolute Gasteiger partial charge is 0.336 e. The van der Waals surface area contributed by atoms with Gasteiger partial charge in [-0.3, -0.25) is 14.9 Å². The smallest absolute Gasteiger partial charge is 0.269 e. The van der Waals surface area contributed by atoms with Crippen molar-refractivity contribution >= 4 is 62.7 Å². The van der Waals surface area contributed by atoms with Gasteiger partial charge in [0.25, 0.3) is 0 Å². The second kappa shape index (κ2) is 4.29. The Balaban J connectivity index is 2.55. The van der Waals surface area contributed by atoms with E-state index < -0.39 is 17.8 Å². The van der Waals surface area contributed by atoms with Gasteiger partial charge in [-0.2, -0.15) is 0 Å². The summed E-state index contributed by atoms with van der Waals surface area (Å²) in [4.78, 5) is 34.5. The lowest BCUT2D eigenvalue weighted by Gasteiger charge is -2.14. The van der Waals surface area contributed by atoms with Crippen molar-refractivity contribution in [3.8, 4) is 0 Å². The minimum Gasteiger partial charge on any atom is -0.269 e. The van der Waals surface area contributed by atoms with Gasteiger partial charge in [0.2, 0.25) is 0 Å². The summed E-state index contributed by atoms with van der Waals surface area (Å²) < 4.78 is 0.520. The maximum Gasteiger partial charge on any atom is 0.336 e. The highest BCUT2D eigenvalue weighted by Crippen LogP contribution is 2.38. The van der Waals surface area contributed by atoms with Crippen LogP contribution in [-0.2, 0) is 9.59 Å². The third-order valence-corrected chi connectivity index (χ3v) is 3.84. The molecule has 1 aromatic rings. The number of nitrogens with zero attached hydrogens (tertiary/aromatic N) is 1. The number of rotatable bonds is 1. The van der Waals surface area contributed by atoms with Crippen molar-refractivity contribution in [1.29, 1.82) is 0 Å². The van der Waals surface area contributed by atoms with E-state index in [1.54, 1.807) is 0 Å². The average Bonchev–Trinajstić information content (AvgIpc) is 2.52. The number of amides is 4. The van der Waals surface area contributed by atoms with Crippen molar-refractivity contribution in [2.75, 3.05) is 4.90 Å². The Morgan fingerprint density at radius 1 is 1.12 bits per heavy atom. The van der Waals surface area contributed by atoms with E-state index in [2.05, 4.69) is 15.9 Å². The van der Waals surface area contributed by atoms with Crippen LogP contribution in [0.25, 0.3) is 0 Å². The number of hydrogen-bond acceptors (Lipinski definition) is 3. The molecule has 5 nitrogen and oxygen atoms in total. The molecule has 4 amide bonds. The lowest BCUT2D eigenvalue weighted by atomic mass is 10.3. The fourth-order valence-electron chi connectivity index (χ4n) is 1.31. The molecular weight excluding hydrogens is 335 g/mol. The van der Waals surface area contributed by atoms with E-state index in [9.17, 15) is 14.4 Å². The van der Waals surface area contributed by atoms with E-state index in [-0.39, 0.29) is 15.7 Å². The van der Waals surface area contributed by atoms with Gasteiger partial charge in [-0.25, -0.2) is 9.69 Å². The average molecular weight is 338 g/mol. The molecule has 8 heteroatoms. The first-order valence-electron chi connectivity index (χ1n) is 4.26. The quantitative estimate of drug-likeness (QED) is 0.486. The molecular formula is C9H3BrCl2N2O3. The maximum atomic E-state index is 11.4. The fraction of sp³-hybridized carbons (Fsp3) is 0. The first kappa shape index (κ1) is 12.3. The molecule has 1 aromatic carbocycles. The first-order valence-corrected chi connectivity index (χ1v) is 5.81. The molecule has 0 aliphatic carbocycles. The number of carbonyl (C=O) groups is 3.